The van der Waals surface area contributed by atoms with Gasteiger partial charge in [0.25, 0.3) is 5.95 Å². The van der Waals surface area contributed by atoms with Crippen molar-refractivity contribution in [2.45, 2.75) is 32.4 Å². The van der Waals surface area contributed by atoms with Crippen molar-refractivity contribution < 1.29 is 9.59 Å². The van der Waals surface area contributed by atoms with E-state index in [0.29, 0.717) is 18.9 Å². The van der Waals surface area contributed by atoms with E-state index in [1.807, 2.05) is 13.8 Å². The van der Waals surface area contributed by atoms with Crippen molar-refractivity contribution in [3.8, 4) is 0 Å². The first-order valence-electron chi connectivity index (χ1n) is 5.63. The van der Waals surface area contributed by atoms with Gasteiger partial charge in [0.15, 0.2) is 5.12 Å². The van der Waals surface area contributed by atoms with Crippen LogP contribution >= 0.6 is 11.8 Å². The van der Waals surface area contributed by atoms with E-state index in [4.69, 9.17) is 0 Å². The fourth-order valence-corrected chi connectivity index (χ4v) is 2.66. The molecule has 96 valence electrons. The highest BCUT2D eigenvalue weighted by molar-refractivity contribution is 8.14. The second kappa shape index (κ2) is 5.01. The third kappa shape index (κ3) is 2.66. The van der Waals surface area contributed by atoms with Gasteiger partial charge >= 0.3 is 0 Å². The quantitative estimate of drug-likeness (QED) is 0.790. The van der Waals surface area contributed by atoms with Crippen molar-refractivity contribution in [1.82, 2.24) is 15.2 Å². The molecule has 0 bridgehead atoms. The fraction of sp³-hybridized carbons (Fsp3) is 0.545. The van der Waals surface area contributed by atoms with E-state index >= 15 is 0 Å². The minimum atomic E-state index is -0.0567. The summed E-state index contributed by atoms with van der Waals surface area (Å²) in [6.07, 6.45) is 0.348. The molecule has 7 heteroatoms. The van der Waals surface area contributed by atoms with E-state index in [0.717, 1.165) is 11.4 Å². The Labute approximate surface area is 109 Å². The Bertz CT molecular complexity index is 506. The van der Waals surface area contributed by atoms with Gasteiger partial charge in [0, 0.05) is 25.1 Å². The van der Waals surface area contributed by atoms with Gasteiger partial charge < -0.3 is 0 Å². The maximum atomic E-state index is 11.9. The predicted octanol–water partition coefficient (Wildman–Crippen LogP) is 0.873. The largest absolute Gasteiger partial charge is 0.288 e. The molecule has 1 unspecified atom stereocenters. The Hall–Kier alpha value is -1.50. The van der Waals surface area contributed by atoms with Gasteiger partial charge in [-0.2, -0.15) is 5.10 Å². The molecular formula is C11H14N4O2S. The standard InChI is InChI=1S/C11H14N4O2S/c1-6-7(2)13-14-11(12-6)15-5-9(4-10(15)17)18-8(3)16/h9H,4-5H2,1-3H3. The molecule has 1 fully saturated rings. The number of carbonyl (C=O) groups is 2. The lowest BCUT2D eigenvalue weighted by Crippen LogP contribution is -2.27. The lowest BCUT2D eigenvalue weighted by atomic mass is 10.4. The number of thioether (sulfide) groups is 1. The number of aryl methyl sites for hydroxylation is 2. The SMILES string of the molecule is CC(=O)SC1CC(=O)N(c2nnc(C)c(C)n2)C1. The van der Waals surface area contributed by atoms with Crippen LogP contribution < -0.4 is 4.90 Å². The van der Waals surface area contributed by atoms with Gasteiger partial charge in [0.2, 0.25) is 5.91 Å². The summed E-state index contributed by atoms with van der Waals surface area (Å²) in [5, 5.41) is 7.91. The molecule has 0 saturated carbocycles. The highest BCUT2D eigenvalue weighted by Crippen LogP contribution is 2.26. The Morgan fingerprint density at radius 1 is 1.33 bits per heavy atom. The Balaban J connectivity index is 2.16. The molecule has 2 heterocycles. The van der Waals surface area contributed by atoms with E-state index in [-0.39, 0.29) is 16.3 Å². The minimum Gasteiger partial charge on any atom is -0.288 e. The third-order valence-electron chi connectivity index (χ3n) is 2.74. The molecule has 1 saturated heterocycles. The smallest absolute Gasteiger partial charge is 0.252 e. The van der Waals surface area contributed by atoms with Crippen LogP contribution in [0.1, 0.15) is 24.7 Å². The van der Waals surface area contributed by atoms with Crippen molar-refractivity contribution in [2.24, 2.45) is 0 Å². The average molecular weight is 266 g/mol. The van der Waals surface area contributed by atoms with Crippen LogP contribution in [0.15, 0.2) is 0 Å². The van der Waals surface area contributed by atoms with Crippen molar-refractivity contribution in [3.63, 3.8) is 0 Å². The van der Waals surface area contributed by atoms with E-state index in [1.54, 1.807) is 0 Å². The fourth-order valence-electron chi connectivity index (χ4n) is 1.74. The molecule has 2 rings (SSSR count). The van der Waals surface area contributed by atoms with Crippen LogP contribution in [0.3, 0.4) is 0 Å². The van der Waals surface area contributed by atoms with E-state index < -0.39 is 0 Å². The maximum Gasteiger partial charge on any atom is 0.252 e. The zero-order chi connectivity index (χ0) is 13.3. The molecule has 6 nitrogen and oxygen atoms in total. The highest BCUT2D eigenvalue weighted by Gasteiger charge is 2.33. The number of carbonyl (C=O) groups excluding carboxylic acids is 2. The number of hydrogen-bond donors (Lipinski definition) is 0. The van der Waals surface area contributed by atoms with Gasteiger partial charge in [-0.3, -0.25) is 14.5 Å². The molecule has 1 aromatic rings. The van der Waals surface area contributed by atoms with Crippen LogP contribution in [0.4, 0.5) is 5.95 Å². The first-order valence-corrected chi connectivity index (χ1v) is 6.51. The van der Waals surface area contributed by atoms with Crippen molar-refractivity contribution in [2.75, 3.05) is 11.4 Å². The van der Waals surface area contributed by atoms with Gasteiger partial charge in [0.05, 0.1) is 11.4 Å². The van der Waals surface area contributed by atoms with Crippen LogP contribution in [-0.2, 0) is 9.59 Å². The van der Waals surface area contributed by atoms with Gasteiger partial charge in [0.1, 0.15) is 0 Å². The molecule has 1 aromatic heterocycles. The maximum absolute atomic E-state index is 11.9. The molecular weight excluding hydrogens is 252 g/mol. The summed E-state index contributed by atoms with van der Waals surface area (Å²) in [5.41, 5.74) is 1.51. The van der Waals surface area contributed by atoms with Crippen molar-refractivity contribution in [1.29, 1.82) is 0 Å². The number of nitrogens with zero attached hydrogens (tertiary/aromatic N) is 4. The average Bonchev–Trinajstić information content (AvgIpc) is 2.62. The van der Waals surface area contributed by atoms with E-state index in [1.165, 1.54) is 23.6 Å². The van der Waals surface area contributed by atoms with Crippen LogP contribution in [0.2, 0.25) is 0 Å². The number of hydrogen-bond acceptors (Lipinski definition) is 6. The van der Waals surface area contributed by atoms with Crippen LogP contribution in [0, 0.1) is 13.8 Å². The first-order chi connectivity index (χ1) is 8.47. The molecule has 1 amide bonds. The molecule has 0 aromatic carbocycles. The normalized spacial score (nSPS) is 19.4. The zero-order valence-corrected chi connectivity index (χ0v) is 11.3. The summed E-state index contributed by atoms with van der Waals surface area (Å²) < 4.78 is 0. The minimum absolute atomic E-state index is 0.0137. The first kappa shape index (κ1) is 12.9. The van der Waals surface area contributed by atoms with Crippen LogP contribution in [0.5, 0.6) is 0 Å². The molecule has 1 aliphatic rings. The summed E-state index contributed by atoms with van der Waals surface area (Å²) in [4.78, 5) is 28.7. The Morgan fingerprint density at radius 2 is 2.06 bits per heavy atom. The van der Waals surface area contributed by atoms with Crippen molar-refractivity contribution >= 4 is 28.7 Å². The summed E-state index contributed by atoms with van der Waals surface area (Å²) in [5.74, 6) is 0.272. The topological polar surface area (TPSA) is 76.1 Å². The second-order valence-corrected chi connectivity index (χ2v) is 5.70. The Morgan fingerprint density at radius 3 is 2.67 bits per heavy atom. The molecule has 0 spiro atoms. The molecule has 0 radical (unpaired) electrons. The molecule has 1 aliphatic heterocycles. The summed E-state index contributed by atoms with van der Waals surface area (Å²) in [6, 6.07) is 0. The number of rotatable bonds is 2. The lowest BCUT2D eigenvalue weighted by Gasteiger charge is -2.13. The van der Waals surface area contributed by atoms with Gasteiger partial charge in [-0.25, -0.2) is 4.98 Å². The summed E-state index contributed by atoms with van der Waals surface area (Å²) in [7, 11) is 0. The third-order valence-corrected chi connectivity index (χ3v) is 3.73. The monoisotopic (exact) mass is 266 g/mol. The Kier molecular flexibility index (Phi) is 3.60. The van der Waals surface area contributed by atoms with Crippen LogP contribution in [0.25, 0.3) is 0 Å². The predicted molar refractivity (Wildman–Crippen MR) is 68.3 cm³/mol. The van der Waals surface area contributed by atoms with Crippen LogP contribution in [-0.4, -0.2) is 38.0 Å². The number of aromatic nitrogens is 3. The van der Waals surface area contributed by atoms with Gasteiger partial charge in [-0.05, 0) is 13.8 Å². The number of amides is 1. The number of anilines is 1. The summed E-state index contributed by atoms with van der Waals surface area (Å²) >= 11 is 1.19. The molecule has 0 N–H and O–H groups in total. The molecule has 18 heavy (non-hydrogen) atoms. The highest BCUT2D eigenvalue weighted by atomic mass is 32.2. The summed E-state index contributed by atoms with van der Waals surface area (Å²) in [6.45, 7) is 5.62. The second-order valence-electron chi connectivity index (χ2n) is 4.22. The van der Waals surface area contributed by atoms with Gasteiger partial charge in [-0.1, -0.05) is 11.8 Å². The molecule has 0 aliphatic carbocycles. The molecule has 1 atom stereocenters. The van der Waals surface area contributed by atoms with E-state index in [2.05, 4.69) is 15.2 Å². The zero-order valence-electron chi connectivity index (χ0n) is 10.5. The lowest BCUT2D eigenvalue weighted by molar-refractivity contribution is -0.117. The van der Waals surface area contributed by atoms with Crippen molar-refractivity contribution in [3.05, 3.63) is 11.4 Å². The van der Waals surface area contributed by atoms with E-state index in [9.17, 15) is 9.59 Å². The van der Waals surface area contributed by atoms with Gasteiger partial charge in [-0.15, -0.1) is 5.10 Å².